The van der Waals surface area contributed by atoms with E-state index in [1.54, 1.807) is 11.5 Å². The van der Waals surface area contributed by atoms with Crippen molar-refractivity contribution < 1.29 is 4.74 Å². The SMILES string of the molecule is CC1COC(CN)CN1c1snc2ccccc12. The highest BCUT2D eigenvalue weighted by atomic mass is 32.1. The van der Waals surface area contributed by atoms with E-state index in [9.17, 15) is 0 Å². The van der Waals surface area contributed by atoms with Crippen molar-refractivity contribution in [1.82, 2.24) is 4.37 Å². The van der Waals surface area contributed by atoms with E-state index >= 15 is 0 Å². The van der Waals surface area contributed by atoms with Crippen molar-refractivity contribution in [3.05, 3.63) is 24.3 Å². The van der Waals surface area contributed by atoms with E-state index < -0.39 is 0 Å². The third kappa shape index (κ3) is 1.98. The Kier molecular flexibility index (Phi) is 3.20. The molecule has 5 heteroatoms. The molecule has 3 rings (SSSR count). The highest BCUT2D eigenvalue weighted by Gasteiger charge is 2.27. The lowest BCUT2D eigenvalue weighted by Crippen LogP contribution is -2.50. The molecule has 0 bridgehead atoms. The lowest BCUT2D eigenvalue weighted by atomic mass is 10.1. The minimum Gasteiger partial charge on any atom is -0.373 e. The Morgan fingerprint density at radius 1 is 1.50 bits per heavy atom. The zero-order valence-corrected chi connectivity index (χ0v) is 11.2. The fraction of sp³-hybridized carbons (Fsp3) is 0.462. The van der Waals surface area contributed by atoms with Crippen LogP contribution in [0.15, 0.2) is 24.3 Å². The number of fused-ring (bicyclic) bond motifs is 1. The summed E-state index contributed by atoms with van der Waals surface area (Å²) in [7, 11) is 0. The number of nitrogens with zero attached hydrogens (tertiary/aromatic N) is 2. The van der Waals surface area contributed by atoms with Crippen LogP contribution in [0.2, 0.25) is 0 Å². The molecule has 2 aromatic rings. The Morgan fingerprint density at radius 2 is 2.33 bits per heavy atom. The Bertz CT molecular complexity index is 542. The van der Waals surface area contributed by atoms with Crippen molar-refractivity contribution in [3.63, 3.8) is 0 Å². The number of nitrogens with two attached hydrogens (primary N) is 1. The van der Waals surface area contributed by atoms with Crippen LogP contribution in [0.4, 0.5) is 5.00 Å². The van der Waals surface area contributed by atoms with Gasteiger partial charge in [0, 0.05) is 18.5 Å². The first-order chi connectivity index (χ1) is 8.79. The highest BCUT2D eigenvalue weighted by Crippen LogP contribution is 2.33. The largest absolute Gasteiger partial charge is 0.373 e. The molecular formula is C13H17N3OS. The molecule has 2 heterocycles. The molecule has 18 heavy (non-hydrogen) atoms. The Hall–Kier alpha value is -1.17. The van der Waals surface area contributed by atoms with Crippen molar-refractivity contribution >= 4 is 27.4 Å². The summed E-state index contributed by atoms with van der Waals surface area (Å²) in [5.41, 5.74) is 6.78. The molecular weight excluding hydrogens is 246 g/mol. The Labute approximate surface area is 111 Å². The zero-order valence-electron chi connectivity index (χ0n) is 10.4. The number of hydrogen-bond acceptors (Lipinski definition) is 5. The Morgan fingerprint density at radius 3 is 3.17 bits per heavy atom. The Balaban J connectivity index is 1.97. The fourth-order valence-corrected chi connectivity index (χ4v) is 3.30. The van der Waals surface area contributed by atoms with E-state index in [0.29, 0.717) is 12.6 Å². The molecule has 96 valence electrons. The molecule has 1 saturated heterocycles. The predicted molar refractivity (Wildman–Crippen MR) is 75.2 cm³/mol. The van der Waals surface area contributed by atoms with Crippen LogP contribution in [0, 0.1) is 0 Å². The third-order valence-corrected chi connectivity index (χ3v) is 4.31. The van der Waals surface area contributed by atoms with E-state index in [1.165, 1.54) is 10.4 Å². The number of morpholine rings is 1. The summed E-state index contributed by atoms with van der Waals surface area (Å²) in [6.45, 7) is 4.33. The van der Waals surface area contributed by atoms with E-state index in [2.05, 4.69) is 34.4 Å². The van der Waals surface area contributed by atoms with Crippen LogP contribution in [0.25, 0.3) is 10.9 Å². The van der Waals surface area contributed by atoms with Gasteiger partial charge in [0.2, 0.25) is 0 Å². The van der Waals surface area contributed by atoms with Crippen molar-refractivity contribution in [1.29, 1.82) is 0 Å². The second kappa shape index (κ2) is 4.84. The summed E-state index contributed by atoms with van der Waals surface area (Å²) >= 11 is 1.57. The second-order valence-electron chi connectivity index (χ2n) is 4.70. The summed E-state index contributed by atoms with van der Waals surface area (Å²) in [5.74, 6) is 0. The molecule has 1 aromatic carbocycles. The van der Waals surface area contributed by atoms with Gasteiger partial charge in [-0.25, -0.2) is 0 Å². The summed E-state index contributed by atoms with van der Waals surface area (Å²) < 4.78 is 10.2. The average molecular weight is 263 g/mol. The van der Waals surface area contributed by atoms with E-state index in [1.807, 2.05) is 6.07 Å². The van der Waals surface area contributed by atoms with Gasteiger partial charge in [0.15, 0.2) is 0 Å². The van der Waals surface area contributed by atoms with Crippen LogP contribution in [0.5, 0.6) is 0 Å². The number of aromatic nitrogens is 1. The van der Waals surface area contributed by atoms with Crippen molar-refractivity contribution in [2.45, 2.75) is 19.1 Å². The van der Waals surface area contributed by atoms with Crippen molar-refractivity contribution in [3.8, 4) is 0 Å². The predicted octanol–water partition coefficient (Wildman–Crippen LogP) is 1.85. The quantitative estimate of drug-likeness (QED) is 0.898. The van der Waals surface area contributed by atoms with Gasteiger partial charge in [0.05, 0.1) is 24.3 Å². The molecule has 1 aliphatic rings. The van der Waals surface area contributed by atoms with Gasteiger partial charge < -0.3 is 15.4 Å². The minimum absolute atomic E-state index is 0.127. The number of rotatable bonds is 2. The smallest absolute Gasteiger partial charge is 0.120 e. The number of ether oxygens (including phenoxy) is 1. The maximum atomic E-state index is 5.71. The minimum atomic E-state index is 0.127. The summed E-state index contributed by atoms with van der Waals surface area (Å²) in [6, 6.07) is 8.65. The molecule has 0 radical (unpaired) electrons. The first-order valence-corrected chi connectivity index (χ1v) is 6.99. The van der Waals surface area contributed by atoms with E-state index in [-0.39, 0.29) is 6.10 Å². The average Bonchev–Trinajstić information content (AvgIpc) is 2.83. The highest BCUT2D eigenvalue weighted by molar-refractivity contribution is 7.11. The first-order valence-electron chi connectivity index (χ1n) is 6.22. The van der Waals surface area contributed by atoms with Gasteiger partial charge in [-0.15, -0.1) is 0 Å². The molecule has 1 aromatic heterocycles. The molecule has 1 aliphatic heterocycles. The molecule has 0 aliphatic carbocycles. The standard InChI is InChI=1S/C13H17N3OS/c1-9-8-17-10(6-14)7-16(9)13-11-4-2-3-5-12(11)15-18-13/h2-5,9-10H,6-8,14H2,1H3. The van der Waals surface area contributed by atoms with Crippen LogP contribution in [0.1, 0.15) is 6.92 Å². The lowest BCUT2D eigenvalue weighted by Gasteiger charge is -2.38. The van der Waals surface area contributed by atoms with Gasteiger partial charge in [-0.1, -0.05) is 12.1 Å². The second-order valence-corrected chi connectivity index (χ2v) is 5.45. The molecule has 1 fully saturated rings. The molecule has 0 saturated carbocycles. The monoisotopic (exact) mass is 263 g/mol. The van der Waals surface area contributed by atoms with Crippen LogP contribution in [0.3, 0.4) is 0 Å². The van der Waals surface area contributed by atoms with Gasteiger partial charge in [0.25, 0.3) is 0 Å². The van der Waals surface area contributed by atoms with Gasteiger partial charge in [-0.3, -0.25) is 0 Å². The summed E-state index contributed by atoms with van der Waals surface area (Å²) in [5, 5.41) is 2.46. The van der Waals surface area contributed by atoms with Gasteiger partial charge in [0.1, 0.15) is 5.00 Å². The summed E-state index contributed by atoms with van der Waals surface area (Å²) in [6.07, 6.45) is 0.127. The molecule has 4 nitrogen and oxygen atoms in total. The van der Waals surface area contributed by atoms with E-state index in [4.69, 9.17) is 10.5 Å². The molecule has 2 unspecified atom stereocenters. The molecule has 0 spiro atoms. The fourth-order valence-electron chi connectivity index (χ4n) is 2.33. The summed E-state index contributed by atoms with van der Waals surface area (Å²) in [4.78, 5) is 2.38. The normalized spacial score (nSPS) is 24.7. The number of benzene rings is 1. The van der Waals surface area contributed by atoms with Crippen LogP contribution < -0.4 is 10.6 Å². The maximum absolute atomic E-state index is 5.71. The molecule has 2 N–H and O–H groups in total. The zero-order chi connectivity index (χ0) is 12.5. The van der Waals surface area contributed by atoms with Crippen LogP contribution in [-0.2, 0) is 4.74 Å². The van der Waals surface area contributed by atoms with E-state index in [0.717, 1.165) is 18.7 Å². The van der Waals surface area contributed by atoms with Crippen LogP contribution >= 0.6 is 11.5 Å². The molecule has 0 amide bonds. The number of hydrogen-bond donors (Lipinski definition) is 1. The third-order valence-electron chi connectivity index (χ3n) is 3.39. The first kappa shape index (κ1) is 11.9. The lowest BCUT2D eigenvalue weighted by molar-refractivity contribution is 0.0287. The number of anilines is 1. The van der Waals surface area contributed by atoms with Gasteiger partial charge in [-0.05, 0) is 30.6 Å². The maximum Gasteiger partial charge on any atom is 0.120 e. The van der Waals surface area contributed by atoms with Crippen molar-refractivity contribution in [2.75, 3.05) is 24.6 Å². The van der Waals surface area contributed by atoms with Crippen LogP contribution in [-0.4, -0.2) is 36.2 Å². The molecule has 2 atom stereocenters. The van der Waals surface area contributed by atoms with Gasteiger partial charge in [-0.2, -0.15) is 4.37 Å². The topological polar surface area (TPSA) is 51.4 Å². The van der Waals surface area contributed by atoms with Gasteiger partial charge >= 0.3 is 0 Å². The van der Waals surface area contributed by atoms with Crippen molar-refractivity contribution in [2.24, 2.45) is 5.73 Å².